The summed E-state index contributed by atoms with van der Waals surface area (Å²) in [5.41, 5.74) is 2.12. The first kappa shape index (κ1) is 24.3. The Morgan fingerprint density at radius 1 is 1.10 bits per heavy atom. The molecule has 0 amide bonds. The van der Waals surface area contributed by atoms with Crippen LogP contribution in [0.4, 0.5) is 10.2 Å². The topological polar surface area (TPSA) is 47.0 Å². The molecular formula is C22H32FIN6. The summed E-state index contributed by atoms with van der Waals surface area (Å²) in [6.07, 6.45) is 1.92. The third-order valence-electron chi connectivity index (χ3n) is 5.08. The highest BCUT2D eigenvalue weighted by molar-refractivity contribution is 14.0. The van der Waals surface area contributed by atoms with Crippen LogP contribution >= 0.6 is 24.0 Å². The minimum absolute atomic E-state index is 0. The molecule has 3 rings (SSSR count). The van der Waals surface area contributed by atoms with Crippen molar-refractivity contribution in [2.45, 2.75) is 20.0 Å². The second kappa shape index (κ2) is 12.0. The Morgan fingerprint density at radius 2 is 1.77 bits per heavy atom. The highest BCUT2D eigenvalue weighted by Gasteiger charge is 2.15. The van der Waals surface area contributed by atoms with Crippen LogP contribution in [0.3, 0.4) is 0 Å². The van der Waals surface area contributed by atoms with Crippen molar-refractivity contribution in [2.75, 3.05) is 51.7 Å². The number of hydrogen-bond acceptors (Lipinski definition) is 4. The van der Waals surface area contributed by atoms with E-state index in [9.17, 15) is 4.39 Å². The summed E-state index contributed by atoms with van der Waals surface area (Å²) < 4.78 is 13.1. The lowest BCUT2D eigenvalue weighted by Crippen LogP contribution is -2.44. The zero-order valence-electron chi connectivity index (χ0n) is 18.0. The molecule has 0 atom stereocenters. The Balaban J connectivity index is 0.00000320. The lowest BCUT2D eigenvalue weighted by atomic mass is 10.2. The number of nitrogens with zero attached hydrogens (tertiary/aromatic N) is 5. The predicted molar refractivity (Wildman–Crippen MR) is 132 cm³/mol. The normalized spacial score (nSPS) is 14.9. The van der Waals surface area contributed by atoms with Crippen LogP contribution in [-0.2, 0) is 13.1 Å². The van der Waals surface area contributed by atoms with Crippen LogP contribution in [0.1, 0.15) is 18.1 Å². The van der Waals surface area contributed by atoms with E-state index in [-0.39, 0.29) is 29.8 Å². The Kier molecular flexibility index (Phi) is 9.77. The fraction of sp³-hybridized carbons (Fsp3) is 0.455. The summed E-state index contributed by atoms with van der Waals surface area (Å²) >= 11 is 0. The number of benzene rings is 1. The van der Waals surface area contributed by atoms with Crippen molar-refractivity contribution in [1.29, 1.82) is 0 Å². The van der Waals surface area contributed by atoms with Gasteiger partial charge in [0.1, 0.15) is 11.6 Å². The Labute approximate surface area is 196 Å². The lowest BCUT2D eigenvalue weighted by Gasteiger charge is -2.33. The van der Waals surface area contributed by atoms with Gasteiger partial charge in [0.25, 0.3) is 0 Å². The van der Waals surface area contributed by atoms with Gasteiger partial charge in [0.15, 0.2) is 5.96 Å². The molecule has 1 aromatic carbocycles. The van der Waals surface area contributed by atoms with E-state index in [4.69, 9.17) is 4.99 Å². The largest absolute Gasteiger partial charge is 0.357 e. The van der Waals surface area contributed by atoms with Crippen molar-refractivity contribution in [3.63, 3.8) is 0 Å². The molecule has 1 N–H and O–H groups in total. The van der Waals surface area contributed by atoms with E-state index >= 15 is 0 Å². The standard InChI is InChI=1S/C22H31FN6.HI/c1-4-24-22(28(3)17-18-5-8-20(23)9-6-18)26-16-19-7-10-21(25-15-19)29-13-11-27(2)12-14-29;/h5-10,15H,4,11-14,16-17H2,1-3H3,(H,24,26);1H. The minimum Gasteiger partial charge on any atom is -0.357 e. The van der Waals surface area contributed by atoms with Crippen molar-refractivity contribution in [2.24, 2.45) is 4.99 Å². The van der Waals surface area contributed by atoms with Gasteiger partial charge in [0.05, 0.1) is 6.54 Å². The molecule has 0 unspecified atom stereocenters. The number of halogens is 2. The quantitative estimate of drug-likeness (QED) is 0.356. The number of rotatable bonds is 6. The van der Waals surface area contributed by atoms with E-state index in [1.165, 1.54) is 12.1 Å². The second-order valence-corrected chi connectivity index (χ2v) is 7.47. The summed E-state index contributed by atoms with van der Waals surface area (Å²) in [6.45, 7) is 8.22. The molecule has 0 spiro atoms. The van der Waals surface area contributed by atoms with Crippen LogP contribution in [0, 0.1) is 5.82 Å². The number of hydrogen-bond donors (Lipinski definition) is 1. The van der Waals surface area contributed by atoms with Gasteiger partial charge in [0, 0.05) is 52.5 Å². The van der Waals surface area contributed by atoms with Gasteiger partial charge in [-0.1, -0.05) is 18.2 Å². The van der Waals surface area contributed by atoms with Crippen molar-refractivity contribution < 1.29 is 4.39 Å². The molecule has 1 aromatic heterocycles. The molecule has 0 saturated carbocycles. The third-order valence-corrected chi connectivity index (χ3v) is 5.08. The van der Waals surface area contributed by atoms with E-state index in [1.54, 1.807) is 12.1 Å². The van der Waals surface area contributed by atoms with Crippen molar-refractivity contribution in [3.05, 3.63) is 59.5 Å². The van der Waals surface area contributed by atoms with E-state index in [1.807, 2.05) is 25.1 Å². The molecule has 2 aromatic rings. The van der Waals surface area contributed by atoms with Crippen LogP contribution < -0.4 is 10.2 Å². The van der Waals surface area contributed by atoms with Gasteiger partial charge in [0.2, 0.25) is 0 Å². The van der Waals surface area contributed by atoms with Crippen LogP contribution in [0.25, 0.3) is 0 Å². The minimum atomic E-state index is -0.218. The second-order valence-electron chi connectivity index (χ2n) is 7.47. The van der Waals surface area contributed by atoms with Crippen molar-refractivity contribution >= 4 is 35.8 Å². The Morgan fingerprint density at radius 3 is 2.37 bits per heavy atom. The summed E-state index contributed by atoms with van der Waals surface area (Å²) in [5, 5.41) is 3.32. The van der Waals surface area contributed by atoms with Gasteiger partial charge in [-0.3, -0.25) is 0 Å². The molecule has 6 nitrogen and oxygen atoms in total. The number of likely N-dealkylation sites (N-methyl/N-ethyl adjacent to an activating group) is 1. The third kappa shape index (κ3) is 7.09. The molecule has 1 aliphatic heterocycles. The highest BCUT2D eigenvalue weighted by atomic mass is 127. The maximum Gasteiger partial charge on any atom is 0.194 e. The van der Waals surface area contributed by atoms with E-state index in [0.29, 0.717) is 13.1 Å². The summed E-state index contributed by atoms with van der Waals surface area (Å²) in [6, 6.07) is 10.8. The monoisotopic (exact) mass is 526 g/mol. The van der Waals surface area contributed by atoms with E-state index in [2.05, 4.69) is 39.3 Å². The first-order valence-electron chi connectivity index (χ1n) is 10.2. The van der Waals surface area contributed by atoms with Crippen LogP contribution in [0.5, 0.6) is 0 Å². The average Bonchev–Trinajstić information content (AvgIpc) is 2.74. The van der Waals surface area contributed by atoms with Crippen LogP contribution in [0.15, 0.2) is 47.6 Å². The molecule has 8 heteroatoms. The summed E-state index contributed by atoms with van der Waals surface area (Å²) in [5.74, 6) is 1.63. The number of anilines is 1. The number of nitrogens with one attached hydrogen (secondary N) is 1. The number of piperazine rings is 1. The fourth-order valence-corrected chi connectivity index (χ4v) is 3.31. The lowest BCUT2D eigenvalue weighted by molar-refractivity contribution is 0.312. The van der Waals surface area contributed by atoms with Crippen LogP contribution in [0.2, 0.25) is 0 Å². The Bertz CT molecular complexity index is 788. The zero-order valence-corrected chi connectivity index (χ0v) is 20.3. The molecule has 1 saturated heterocycles. The van der Waals surface area contributed by atoms with Gasteiger partial charge in [-0.2, -0.15) is 0 Å². The maximum atomic E-state index is 13.1. The molecule has 30 heavy (non-hydrogen) atoms. The maximum absolute atomic E-state index is 13.1. The van der Waals surface area contributed by atoms with Crippen molar-refractivity contribution in [3.8, 4) is 0 Å². The molecule has 0 aliphatic carbocycles. The molecule has 2 heterocycles. The van der Waals surface area contributed by atoms with Crippen LogP contribution in [-0.4, -0.2) is 67.6 Å². The smallest absolute Gasteiger partial charge is 0.194 e. The molecule has 1 fully saturated rings. The van der Waals surface area contributed by atoms with Gasteiger partial charge >= 0.3 is 0 Å². The molecule has 1 aliphatic rings. The highest BCUT2D eigenvalue weighted by Crippen LogP contribution is 2.14. The number of aliphatic imine (C=N–C) groups is 1. The van der Waals surface area contributed by atoms with E-state index in [0.717, 1.165) is 55.6 Å². The van der Waals surface area contributed by atoms with Gasteiger partial charge in [-0.05, 0) is 43.3 Å². The summed E-state index contributed by atoms with van der Waals surface area (Å²) in [7, 11) is 4.14. The zero-order chi connectivity index (χ0) is 20.6. The first-order valence-corrected chi connectivity index (χ1v) is 10.2. The number of pyridine rings is 1. The van der Waals surface area contributed by atoms with E-state index < -0.39 is 0 Å². The fourth-order valence-electron chi connectivity index (χ4n) is 3.31. The van der Waals surface area contributed by atoms with Crippen molar-refractivity contribution in [1.82, 2.24) is 20.1 Å². The van der Waals surface area contributed by atoms with Gasteiger partial charge in [-0.25, -0.2) is 14.4 Å². The number of guanidine groups is 1. The summed E-state index contributed by atoms with van der Waals surface area (Å²) in [4.78, 5) is 16.1. The Hall–Kier alpha value is -1.94. The van der Waals surface area contributed by atoms with Gasteiger partial charge in [-0.15, -0.1) is 24.0 Å². The predicted octanol–water partition coefficient (Wildman–Crippen LogP) is 3.19. The van der Waals surface area contributed by atoms with Gasteiger partial charge < -0.3 is 20.0 Å². The first-order chi connectivity index (χ1) is 14.0. The number of aromatic nitrogens is 1. The molecule has 164 valence electrons. The molecule has 0 bridgehead atoms. The average molecular weight is 526 g/mol. The SMILES string of the molecule is CCNC(=NCc1ccc(N2CCN(C)CC2)nc1)N(C)Cc1ccc(F)cc1.I. The molecular weight excluding hydrogens is 494 g/mol. The molecule has 0 radical (unpaired) electrons.